The van der Waals surface area contributed by atoms with Gasteiger partial charge in [-0.05, 0) is 24.6 Å². The summed E-state index contributed by atoms with van der Waals surface area (Å²) in [4.78, 5) is 36.9. The molecule has 0 saturated heterocycles. The van der Waals surface area contributed by atoms with E-state index in [1.807, 2.05) is 0 Å². The van der Waals surface area contributed by atoms with Gasteiger partial charge >= 0.3 is 5.97 Å². The van der Waals surface area contributed by atoms with Crippen molar-refractivity contribution in [1.82, 2.24) is 0 Å². The number of anilines is 1. The van der Waals surface area contributed by atoms with E-state index < -0.39 is 28.6 Å². The monoisotopic (exact) mass is 368 g/mol. The van der Waals surface area contributed by atoms with Crippen molar-refractivity contribution in [1.29, 1.82) is 0 Å². The molecule has 3 rings (SSSR count). The largest absolute Gasteiger partial charge is 0.503 e. The first kappa shape index (κ1) is 18.1. The highest BCUT2D eigenvalue weighted by atomic mass is 16.6. The first-order valence-electron chi connectivity index (χ1n) is 8.19. The topological polar surface area (TPSA) is 110 Å². The zero-order chi connectivity index (χ0) is 19.6. The number of aliphatic hydroxyl groups excluding tert-OH is 1. The molecule has 0 aromatic heterocycles. The van der Waals surface area contributed by atoms with Gasteiger partial charge in [0.1, 0.15) is 5.57 Å². The Labute approximate surface area is 154 Å². The molecule has 1 heterocycles. The lowest BCUT2D eigenvalue weighted by atomic mass is 9.98. The number of non-ortho nitro benzene ring substituents is 1. The van der Waals surface area contributed by atoms with E-state index in [0.717, 1.165) is 0 Å². The first-order chi connectivity index (χ1) is 13.0. The zero-order valence-electron chi connectivity index (χ0n) is 14.4. The number of nitro groups is 1. The normalized spacial score (nSPS) is 16.6. The molecule has 0 saturated carbocycles. The molecule has 1 aliphatic rings. The van der Waals surface area contributed by atoms with Crippen molar-refractivity contribution in [3.05, 3.63) is 81.6 Å². The summed E-state index contributed by atoms with van der Waals surface area (Å²) in [6.07, 6.45) is 0. The molecule has 2 aromatic carbocycles. The molecule has 0 aliphatic carbocycles. The van der Waals surface area contributed by atoms with Crippen LogP contribution in [0.3, 0.4) is 0 Å². The van der Waals surface area contributed by atoms with Gasteiger partial charge in [0.05, 0.1) is 17.6 Å². The zero-order valence-corrected chi connectivity index (χ0v) is 14.4. The molecule has 1 atom stereocenters. The van der Waals surface area contributed by atoms with Crippen molar-refractivity contribution < 1.29 is 24.4 Å². The molecule has 27 heavy (non-hydrogen) atoms. The second-order valence-corrected chi connectivity index (χ2v) is 5.75. The molecule has 1 amide bonds. The van der Waals surface area contributed by atoms with Crippen LogP contribution < -0.4 is 4.90 Å². The Bertz CT molecular complexity index is 938. The lowest BCUT2D eigenvalue weighted by Gasteiger charge is -2.26. The third-order valence-electron chi connectivity index (χ3n) is 4.13. The standard InChI is InChI=1S/C19H16N2O6/c1-2-27-19(24)15-16(12-7-6-10-14(11-12)21(25)26)20(18(23)17(15)22)13-8-4-3-5-9-13/h3-11,16,22H,2H2,1H3. The van der Waals surface area contributed by atoms with E-state index in [4.69, 9.17) is 4.74 Å². The molecule has 0 bridgehead atoms. The van der Waals surface area contributed by atoms with Crippen molar-refractivity contribution in [2.45, 2.75) is 13.0 Å². The average Bonchev–Trinajstić information content (AvgIpc) is 2.94. The average molecular weight is 368 g/mol. The summed E-state index contributed by atoms with van der Waals surface area (Å²) in [5.41, 5.74) is 0.312. The summed E-state index contributed by atoms with van der Waals surface area (Å²) >= 11 is 0. The van der Waals surface area contributed by atoms with E-state index in [9.17, 15) is 24.8 Å². The number of ether oxygens (including phenoxy) is 1. The van der Waals surface area contributed by atoms with Crippen LogP contribution >= 0.6 is 0 Å². The quantitative estimate of drug-likeness (QED) is 0.493. The second-order valence-electron chi connectivity index (χ2n) is 5.75. The van der Waals surface area contributed by atoms with E-state index >= 15 is 0 Å². The van der Waals surface area contributed by atoms with Gasteiger partial charge in [-0.3, -0.25) is 19.8 Å². The maximum Gasteiger partial charge on any atom is 0.340 e. The molecule has 0 radical (unpaired) electrons. The number of amides is 1. The lowest BCUT2D eigenvalue weighted by molar-refractivity contribution is -0.384. The Morgan fingerprint density at radius 2 is 1.93 bits per heavy atom. The summed E-state index contributed by atoms with van der Waals surface area (Å²) in [7, 11) is 0. The van der Waals surface area contributed by atoms with Crippen LogP contribution in [0.15, 0.2) is 65.9 Å². The van der Waals surface area contributed by atoms with Crippen LogP contribution in [0.1, 0.15) is 18.5 Å². The Hall–Kier alpha value is -3.68. The Kier molecular flexibility index (Phi) is 4.89. The number of para-hydroxylation sites is 1. The van der Waals surface area contributed by atoms with Gasteiger partial charge in [0.2, 0.25) is 0 Å². The predicted octanol–water partition coefficient (Wildman–Crippen LogP) is 3.06. The molecular formula is C19H16N2O6. The van der Waals surface area contributed by atoms with E-state index in [1.54, 1.807) is 43.3 Å². The first-order valence-corrected chi connectivity index (χ1v) is 8.19. The Morgan fingerprint density at radius 3 is 2.56 bits per heavy atom. The van der Waals surface area contributed by atoms with E-state index in [1.165, 1.54) is 23.1 Å². The van der Waals surface area contributed by atoms with Crippen LogP contribution in [-0.2, 0) is 14.3 Å². The number of carbonyl (C=O) groups is 2. The highest BCUT2D eigenvalue weighted by molar-refractivity contribution is 6.15. The number of hydrogen-bond acceptors (Lipinski definition) is 6. The maximum atomic E-state index is 12.7. The van der Waals surface area contributed by atoms with Crippen molar-refractivity contribution in [2.24, 2.45) is 0 Å². The van der Waals surface area contributed by atoms with Crippen LogP contribution in [-0.4, -0.2) is 28.5 Å². The number of nitro benzene ring substituents is 1. The fourth-order valence-electron chi connectivity index (χ4n) is 3.00. The van der Waals surface area contributed by atoms with E-state index in [-0.39, 0.29) is 17.9 Å². The van der Waals surface area contributed by atoms with Gasteiger partial charge in [0, 0.05) is 17.8 Å². The van der Waals surface area contributed by atoms with E-state index in [0.29, 0.717) is 11.3 Å². The minimum Gasteiger partial charge on any atom is -0.503 e. The van der Waals surface area contributed by atoms with Gasteiger partial charge in [-0.15, -0.1) is 0 Å². The molecule has 8 nitrogen and oxygen atoms in total. The summed E-state index contributed by atoms with van der Waals surface area (Å²) in [6, 6.07) is 13.0. The van der Waals surface area contributed by atoms with Crippen LogP contribution in [0, 0.1) is 10.1 Å². The fourth-order valence-corrected chi connectivity index (χ4v) is 3.00. The van der Waals surface area contributed by atoms with Gasteiger partial charge in [-0.25, -0.2) is 4.79 Å². The number of aliphatic hydroxyl groups is 1. The Balaban J connectivity index is 2.18. The van der Waals surface area contributed by atoms with Gasteiger partial charge in [0.15, 0.2) is 5.76 Å². The van der Waals surface area contributed by atoms with Crippen molar-refractivity contribution in [3.8, 4) is 0 Å². The predicted molar refractivity (Wildman–Crippen MR) is 96.1 cm³/mol. The highest BCUT2D eigenvalue weighted by Crippen LogP contribution is 2.41. The van der Waals surface area contributed by atoms with Gasteiger partial charge in [-0.2, -0.15) is 0 Å². The number of benzene rings is 2. The molecule has 8 heteroatoms. The Morgan fingerprint density at radius 1 is 1.22 bits per heavy atom. The molecule has 0 spiro atoms. The van der Waals surface area contributed by atoms with Gasteiger partial charge < -0.3 is 9.84 Å². The smallest absolute Gasteiger partial charge is 0.340 e. The number of nitrogens with zero attached hydrogens (tertiary/aromatic N) is 2. The molecule has 2 aromatic rings. The second kappa shape index (κ2) is 7.28. The SMILES string of the molecule is CCOC(=O)C1=C(O)C(=O)N(c2ccccc2)C1c1cccc([N+](=O)[O-])c1. The molecule has 138 valence electrons. The highest BCUT2D eigenvalue weighted by Gasteiger charge is 2.45. The summed E-state index contributed by atoms with van der Waals surface area (Å²) in [5, 5.41) is 21.5. The van der Waals surface area contributed by atoms with Crippen molar-refractivity contribution in [2.75, 3.05) is 11.5 Å². The van der Waals surface area contributed by atoms with Crippen molar-refractivity contribution in [3.63, 3.8) is 0 Å². The number of esters is 1. The van der Waals surface area contributed by atoms with Crippen LogP contribution in [0.5, 0.6) is 0 Å². The molecule has 1 N–H and O–H groups in total. The van der Waals surface area contributed by atoms with Crippen molar-refractivity contribution >= 4 is 23.3 Å². The number of carbonyl (C=O) groups excluding carboxylic acids is 2. The van der Waals surface area contributed by atoms with Crippen LogP contribution in [0.4, 0.5) is 11.4 Å². The number of hydrogen-bond donors (Lipinski definition) is 1. The molecular weight excluding hydrogens is 352 g/mol. The fraction of sp³-hybridized carbons (Fsp3) is 0.158. The van der Waals surface area contributed by atoms with E-state index in [2.05, 4.69) is 0 Å². The van der Waals surface area contributed by atoms with Crippen LogP contribution in [0.25, 0.3) is 0 Å². The minimum absolute atomic E-state index is 0.0524. The van der Waals surface area contributed by atoms with Gasteiger partial charge in [0.25, 0.3) is 11.6 Å². The number of rotatable bonds is 5. The molecule has 1 unspecified atom stereocenters. The summed E-state index contributed by atoms with van der Waals surface area (Å²) in [6.45, 7) is 1.65. The summed E-state index contributed by atoms with van der Waals surface area (Å²) in [5.74, 6) is -2.35. The lowest BCUT2D eigenvalue weighted by Crippen LogP contribution is -2.31. The molecule has 1 aliphatic heterocycles. The third-order valence-corrected chi connectivity index (χ3v) is 4.13. The minimum atomic E-state index is -1.04. The maximum absolute atomic E-state index is 12.7. The van der Waals surface area contributed by atoms with Crippen LogP contribution in [0.2, 0.25) is 0 Å². The summed E-state index contributed by atoms with van der Waals surface area (Å²) < 4.78 is 4.99. The molecule has 0 fully saturated rings. The van der Waals surface area contributed by atoms with Gasteiger partial charge in [-0.1, -0.05) is 30.3 Å². The third kappa shape index (κ3) is 3.24.